The number of nitrogens with zero attached hydrogens (tertiary/aromatic N) is 2. The van der Waals surface area contributed by atoms with Crippen molar-refractivity contribution in [1.29, 1.82) is 0 Å². The van der Waals surface area contributed by atoms with E-state index in [1.807, 2.05) is 0 Å². The number of carbonyl (C=O) groups is 4. The van der Waals surface area contributed by atoms with Crippen LogP contribution in [0.5, 0.6) is 5.75 Å². The lowest BCUT2D eigenvalue weighted by atomic mass is 10.3. The minimum absolute atomic E-state index is 0.0193. The van der Waals surface area contributed by atoms with Crippen LogP contribution in [-0.4, -0.2) is 67.5 Å². The van der Waals surface area contributed by atoms with E-state index in [2.05, 4.69) is 5.32 Å². The summed E-state index contributed by atoms with van der Waals surface area (Å²) >= 11 is 5.88. The smallest absolute Gasteiger partial charge is 0.326 e. The Morgan fingerprint density at radius 2 is 2.04 bits per heavy atom. The highest BCUT2D eigenvalue weighted by Crippen LogP contribution is 2.27. The fourth-order valence-corrected chi connectivity index (χ4v) is 2.62. The first-order chi connectivity index (χ1) is 12.8. The highest BCUT2D eigenvalue weighted by Gasteiger charge is 2.32. The maximum absolute atomic E-state index is 11.9. The minimum atomic E-state index is -0.601. The molecule has 1 aliphatic rings. The number of benzene rings is 1. The van der Waals surface area contributed by atoms with Crippen LogP contribution in [0.3, 0.4) is 0 Å². The normalized spacial score (nSPS) is 13.7. The Kier molecular flexibility index (Phi) is 7.00. The van der Waals surface area contributed by atoms with Crippen LogP contribution in [0.4, 0.5) is 10.5 Å². The summed E-state index contributed by atoms with van der Waals surface area (Å²) in [4.78, 5) is 49.3. The third kappa shape index (κ3) is 5.58. The number of anilines is 1. The molecular formula is C17H20ClN3O6. The molecule has 1 aromatic carbocycles. The number of carbonyl (C=O) groups excluding carboxylic acids is 4. The molecule has 0 atom stereocenters. The molecule has 1 heterocycles. The van der Waals surface area contributed by atoms with Crippen molar-refractivity contribution in [2.75, 3.05) is 39.2 Å². The van der Waals surface area contributed by atoms with E-state index in [4.69, 9.17) is 21.1 Å². The molecule has 10 heteroatoms. The molecule has 0 aromatic heterocycles. The summed E-state index contributed by atoms with van der Waals surface area (Å²) in [6.45, 7) is -0.307. The molecule has 1 N–H and O–H groups in total. The van der Waals surface area contributed by atoms with E-state index >= 15 is 0 Å². The van der Waals surface area contributed by atoms with Gasteiger partial charge in [0.15, 0.2) is 6.61 Å². The Labute approximate surface area is 161 Å². The quantitative estimate of drug-likeness (QED) is 0.526. The van der Waals surface area contributed by atoms with Gasteiger partial charge in [0.2, 0.25) is 5.91 Å². The molecule has 2 rings (SSSR count). The van der Waals surface area contributed by atoms with E-state index in [-0.39, 0.29) is 37.9 Å². The van der Waals surface area contributed by atoms with Crippen molar-refractivity contribution >= 4 is 41.1 Å². The molecule has 0 spiro atoms. The first-order valence-electron chi connectivity index (χ1n) is 8.16. The third-order valence-corrected chi connectivity index (χ3v) is 4.03. The van der Waals surface area contributed by atoms with Gasteiger partial charge in [0.25, 0.3) is 5.91 Å². The Morgan fingerprint density at radius 3 is 2.67 bits per heavy atom. The molecule has 1 aromatic rings. The summed E-state index contributed by atoms with van der Waals surface area (Å²) in [6.07, 6.45) is 0.239. The largest absolute Gasteiger partial charge is 0.495 e. The zero-order valence-corrected chi connectivity index (χ0v) is 15.7. The number of urea groups is 1. The molecule has 0 radical (unpaired) electrons. The number of rotatable bonds is 8. The summed E-state index contributed by atoms with van der Waals surface area (Å²) in [7, 11) is 2.98. The molecule has 1 fully saturated rings. The number of amides is 4. The van der Waals surface area contributed by atoms with Crippen molar-refractivity contribution in [2.24, 2.45) is 0 Å². The maximum Gasteiger partial charge on any atom is 0.326 e. The van der Waals surface area contributed by atoms with Gasteiger partial charge in [0.05, 0.1) is 12.8 Å². The molecule has 0 aliphatic carbocycles. The van der Waals surface area contributed by atoms with E-state index < -0.39 is 18.5 Å². The highest BCUT2D eigenvalue weighted by molar-refractivity contribution is 6.31. The van der Waals surface area contributed by atoms with E-state index in [1.165, 1.54) is 25.1 Å². The van der Waals surface area contributed by atoms with E-state index in [1.54, 1.807) is 12.1 Å². The summed E-state index contributed by atoms with van der Waals surface area (Å²) < 4.78 is 10.0. The standard InChI is InChI=1S/C17H20ClN3O6/c1-20-9-15(23)21(17(20)25)7-3-4-16(24)27-10-14(22)19-12-8-11(18)5-6-13(12)26-2/h5-6,8H,3-4,7,9-10H2,1-2H3,(H,19,22). The number of likely N-dealkylation sites (N-methyl/N-ethyl adjacent to an activating group) is 1. The van der Waals surface area contributed by atoms with Gasteiger partial charge in [-0.2, -0.15) is 0 Å². The first kappa shape index (κ1) is 20.5. The summed E-state index contributed by atoms with van der Waals surface area (Å²) in [5, 5.41) is 2.96. The van der Waals surface area contributed by atoms with Crippen LogP contribution in [0.1, 0.15) is 12.8 Å². The second-order valence-corrected chi connectivity index (χ2v) is 6.28. The Balaban J connectivity index is 1.72. The summed E-state index contributed by atoms with van der Waals surface area (Å²) in [6, 6.07) is 4.34. The van der Waals surface area contributed by atoms with Crippen molar-refractivity contribution in [2.45, 2.75) is 12.8 Å². The average Bonchev–Trinajstić information content (AvgIpc) is 2.86. The second-order valence-electron chi connectivity index (χ2n) is 5.84. The van der Waals surface area contributed by atoms with Crippen LogP contribution in [0, 0.1) is 0 Å². The molecule has 9 nitrogen and oxygen atoms in total. The fraction of sp³-hybridized carbons (Fsp3) is 0.412. The predicted molar refractivity (Wildman–Crippen MR) is 96.6 cm³/mol. The van der Waals surface area contributed by atoms with Crippen LogP contribution in [0.25, 0.3) is 0 Å². The van der Waals surface area contributed by atoms with Crippen LogP contribution < -0.4 is 10.1 Å². The van der Waals surface area contributed by atoms with Gasteiger partial charge in [0, 0.05) is 25.0 Å². The molecule has 1 saturated heterocycles. The number of imide groups is 1. The number of ether oxygens (including phenoxy) is 2. The molecule has 4 amide bonds. The van der Waals surface area contributed by atoms with Crippen molar-refractivity contribution in [3.63, 3.8) is 0 Å². The number of methoxy groups -OCH3 is 1. The van der Waals surface area contributed by atoms with Crippen LogP contribution >= 0.6 is 11.6 Å². The predicted octanol–water partition coefficient (Wildman–Crippen LogP) is 1.50. The SMILES string of the molecule is COc1ccc(Cl)cc1NC(=O)COC(=O)CCCN1C(=O)CN(C)C1=O. The average molecular weight is 398 g/mol. The number of nitrogens with one attached hydrogen (secondary N) is 1. The van der Waals surface area contributed by atoms with Crippen molar-refractivity contribution in [1.82, 2.24) is 9.80 Å². The minimum Gasteiger partial charge on any atom is -0.495 e. The molecule has 27 heavy (non-hydrogen) atoms. The van der Waals surface area contributed by atoms with Gasteiger partial charge < -0.3 is 19.7 Å². The van der Waals surface area contributed by atoms with E-state index in [0.717, 1.165) is 4.90 Å². The Morgan fingerprint density at radius 1 is 1.30 bits per heavy atom. The maximum atomic E-state index is 11.9. The van der Waals surface area contributed by atoms with Gasteiger partial charge in [-0.15, -0.1) is 0 Å². The zero-order chi connectivity index (χ0) is 20.0. The van der Waals surface area contributed by atoms with Gasteiger partial charge in [-0.25, -0.2) is 4.79 Å². The second kappa shape index (κ2) is 9.22. The van der Waals surface area contributed by atoms with E-state index in [0.29, 0.717) is 16.5 Å². The Bertz CT molecular complexity index is 754. The number of hydrogen-bond acceptors (Lipinski definition) is 6. The third-order valence-electron chi connectivity index (χ3n) is 3.79. The Hall–Kier alpha value is -2.81. The van der Waals surface area contributed by atoms with E-state index in [9.17, 15) is 19.2 Å². The lowest BCUT2D eigenvalue weighted by molar-refractivity contribution is -0.147. The monoisotopic (exact) mass is 397 g/mol. The summed E-state index contributed by atoms with van der Waals surface area (Å²) in [5.74, 6) is -1.03. The van der Waals surface area contributed by atoms with Gasteiger partial charge in [-0.05, 0) is 24.6 Å². The van der Waals surface area contributed by atoms with Crippen LogP contribution in [0.2, 0.25) is 5.02 Å². The number of hydrogen-bond donors (Lipinski definition) is 1. The number of esters is 1. The lowest BCUT2D eigenvalue weighted by Crippen LogP contribution is -2.32. The number of halogens is 1. The van der Waals surface area contributed by atoms with Gasteiger partial charge >= 0.3 is 12.0 Å². The molecule has 0 bridgehead atoms. The van der Waals surface area contributed by atoms with Crippen molar-refractivity contribution < 1.29 is 28.7 Å². The highest BCUT2D eigenvalue weighted by atomic mass is 35.5. The van der Waals surface area contributed by atoms with Crippen LogP contribution in [0.15, 0.2) is 18.2 Å². The van der Waals surface area contributed by atoms with Crippen LogP contribution in [-0.2, 0) is 19.1 Å². The molecule has 0 unspecified atom stereocenters. The van der Waals surface area contributed by atoms with Gasteiger partial charge in [-0.3, -0.25) is 19.3 Å². The summed E-state index contributed by atoms with van der Waals surface area (Å²) in [5.41, 5.74) is 0.362. The van der Waals surface area contributed by atoms with Gasteiger partial charge in [0.1, 0.15) is 12.3 Å². The van der Waals surface area contributed by atoms with Crippen molar-refractivity contribution in [3.8, 4) is 5.75 Å². The molecular weight excluding hydrogens is 378 g/mol. The zero-order valence-electron chi connectivity index (χ0n) is 15.0. The topological polar surface area (TPSA) is 105 Å². The lowest BCUT2D eigenvalue weighted by Gasteiger charge is -2.13. The van der Waals surface area contributed by atoms with Gasteiger partial charge in [-0.1, -0.05) is 11.6 Å². The molecule has 1 aliphatic heterocycles. The van der Waals surface area contributed by atoms with Crippen molar-refractivity contribution in [3.05, 3.63) is 23.2 Å². The molecule has 146 valence electrons. The fourth-order valence-electron chi connectivity index (χ4n) is 2.45. The molecule has 0 saturated carbocycles. The first-order valence-corrected chi connectivity index (χ1v) is 8.54.